The summed E-state index contributed by atoms with van der Waals surface area (Å²) in [4.78, 5) is 22.8. The molecule has 1 aromatic carbocycles. The van der Waals surface area contributed by atoms with Crippen molar-refractivity contribution < 1.29 is 14.3 Å². The average Bonchev–Trinajstić information content (AvgIpc) is 2.51. The van der Waals surface area contributed by atoms with Crippen LogP contribution < -0.4 is 15.8 Å². The van der Waals surface area contributed by atoms with Crippen molar-refractivity contribution in [3.05, 3.63) is 29.8 Å². The summed E-state index contributed by atoms with van der Waals surface area (Å²) in [5, 5.41) is 2.93. The number of benzene rings is 1. The molecule has 0 aromatic heterocycles. The Labute approximate surface area is 131 Å². The second-order valence-corrected chi connectivity index (χ2v) is 6.12. The molecule has 1 aromatic rings. The number of carbonyl (C=O) groups excluding carboxylic acids is 2. The van der Waals surface area contributed by atoms with Crippen molar-refractivity contribution in [1.29, 1.82) is 0 Å². The van der Waals surface area contributed by atoms with E-state index in [1.807, 2.05) is 0 Å². The molecule has 22 heavy (non-hydrogen) atoms. The smallest absolute Gasteiger partial charge is 0.257 e. The van der Waals surface area contributed by atoms with Gasteiger partial charge in [0.05, 0.1) is 0 Å². The second-order valence-electron chi connectivity index (χ2n) is 6.12. The van der Waals surface area contributed by atoms with Crippen LogP contribution in [-0.2, 0) is 4.79 Å². The molecule has 2 atom stereocenters. The van der Waals surface area contributed by atoms with E-state index in [1.165, 1.54) is 25.7 Å². The molecule has 0 bridgehead atoms. The number of nitrogens with two attached hydrogens (primary N) is 1. The van der Waals surface area contributed by atoms with Gasteiger partial charge in [0.15, 0.2) is 6.61 Å². The number of carbonyl (C=O) groups is 2. The standard InChI is InChI=1S/C17H24N2O3/c1-12-3-2-4-13(9-12)10-19-16(20)11-22-15-7-5-14(6-8-15)17(18)21/h5-8,12-13H,2-4,9-11H2,1H3,(H2,18,21)(H,19,20)/t12-,13-/m0/s1. The van der Waals surface area contributed by atoms with Crippen LogP contribution in [0.25, 0.3) is 0 Å². The lowest BCUT2D eigenvalue weighted by atomic mass is 9.82. The van der Waals surface area contributed by atoms with Crippen LogP contribution in [0.2, 0.25) is 0 Å². The zero-order valence-electron chi connectivity index (χ0n) is 13.0. The highest BCUT2D eigenvalue weighted by molar-refractivity contribution is 5.92. The molecule has 5 nitrogen and oxygen atoms in total. The Balaban J connectivity index is 1.70. The maximum atomic E-state index is 11.8. The Hall–Kier alpha value is -2.04. The van der Waals surface area contributed by atoms with E-state index in [2.05, 4.69) is 12.2 Å². The van der Waals surface area contributed by atoms with E-state index >= 15 is 0 Å². The van der Waals surface area contributed by atoms with Crippen LogP contribution in [0.1, 0.15) is 43.0 Å². The summed E-state index contributed by atoms with van der Waals surface area (Å²) in [7, 11) is 0. The lowest BCUT2D eigenvalue weighted by molar-refractivity contribution is -0.123. The topological polar surface area (TPSA) is 81.4 Å². The molecule has 1 fully saturated rings. The van der Waals surface area contributed by atoms with Gasteiger partial charge in [0.2, 0.25) is 5.91 Å². The largest absolute Gasteiger partial charge is 0.484 e. The van der Waals surface area contributed by atoms with Gasteiger partial charge in [-0.2, -0.15) is 0 Å². The van der Waals surface area contributed by atoms with Crippen LogP contribution in [-0.4, -0.2) is 25.0 Å². The first-order valence-electron chi connectivity index (χ1n) is 7.84. The monoisotopic (exact) mass is 304 g/mol. The summed E-state index contributed by atoms with van der Waals surface area (Å²) in [5.41, 5.74) is 5.58. The maximum Gasteiger partial charge on any atom is 0.257 e. The molecule has 120 valence electrons. The molecule has 0 spiro atoms. The predicted octanol–water partition coefficient (Wildman–Crippen LogP) is 2.11. The van der Waals surface area contributed by atoms with Crippen molar-refractivity contribution >= 4 is 11.8 Å². The molecular formula is C17H24N2O3. The third-order valence-corrected chi connectivity index (χ3v) is 4.14. The number of primary amides is 1. The molecule has 1 aliphatic carbocycles. The molecule has 1 saturated carbocycles. The first-order chi connectivity index (χ1) is 10.5. The van der Waals surface area contributed by atoms with Crippen LogP contribution in [0, 0.1) is 11.8 Å². The molecule has 0 radical (unpaired) electrons. The second kappa shape index (κ2) is 7.82. The van der Waals surface area contributed by atoms with E-state index in [-0.39, 0.29) is 12.5 Å². The first-order valence-corrected chi connectivity index (χ1v) is 7.84. The van der Waals surface area contributed by atoms with Gasteiger partial charge in [-0.1, -0.05) is 19.8 Å². The van der Waals surface area contributed by atoms with Crippen molar-refractivity contribution in [2.45, 2.75) is 32.6 Å². The summed E-state index contributed by atoms with van der Waals surface area (Å²) in [6, 6.07) is 6.43. The normalized spacial score (nSPS) is 21.1. The zero-order valence-corrected chi connectivity index (χ0v) is 13.0. The quantitative estimate of drug-likeness (QED) is 0.844. The molecular weight excluding hydrogens is 280 g/mol. The highest BCUT2D eigenvalue weighted by Gasteiger charge is 2.19. The summed E-state index contributed by atoms with van der Waals surface area (Å²) in [6.07, 6.45) is 4.94. The van der Waals surface area contributed by atoms with Gasteiger partial charge in [0.1, 0.15) is 5.75 Å². The van der Waals surface area contributed by atoms with Crippen molar-refractivity contribution in [1.82, 2.24) is 5.32 Å². The molecule has 1 aliphatic rings. The van der Waals surface area contributed by atoms with E-state index in [0.717, 1.165) is 12.5 Å². The number of rotatable bonds is 6. The van der Waals surface area contributed by atoms with E-state index in [1.54, 1.807) is 24.3 Å². The minimum Gasteiger partial charge on any atom is -0.484 e. The van der Waals surface area contributed by atoms with Gasteiger partial charge in [-0.25, -0.2) is 0 Å². The fraction of sp³-hybridized carbons (Fsp3) is 0.529. The number of hydrogen-bond acceptors (Lipinski definition) is 3. The van der Waals surface area contributed by atoms with E-state index in [4.69, 9.17) is 10.5 Å². The van der Waals surface area contributed by atoms with Crippen molar-refractivity contribution in [2.24, 2.45) is 17.6 Å². The summed E-state index contributed by atoms with van der Waals surface area (Å²) >= 11 is 0. The molecule has 2 rings (SSSR count). The Morgan fingerprint density at radius 1 is 1.27 bits per heavy atom. The van der Waals surface area contributed by atoms with Crippen molar-refractivity contribution in [2.75, 3.05) is 13.2 Å². The number of amides is 2. The molecule has 5 heteroatoms. The van der Waals surface area contributed by atoms with Crippen molar-refractivity contribution in [3.8, 4) is 5.75 Å². The minimum absolute atomic E-state index is 0.0157. The van der Waals surface area contributed by atoms with Gasteiger partial charge in [-0.3, -0.25) is 9.59 Å². The highest BCUT2D eigenvalue weighted by atomic mass is 16.5. The molecule has 2 amide bonds. The van der Waals surface area contributed by atoms with Crippen LogP contribution in [0.5, 0.6) is 5.75 Å². The molecule has 0 saturated heterocycles. The van der Waals surface area contributed by atoms with Crippen LogP contribution in [0.3, 0.4) is 0 Å². The zero-order chi connectivity index (χ0) is 15.9. The maximum absolute atomic E-state index is 11.8. The van der Waals surface area contributed by atoms with Gasteiger partial charge < -0.3 is 15.8 Å². The molecule has 0 aliphatic heterocycles. The van der Waals surface area contributed by atoms with Crippen LogP contribution >= 0.6 is 0 Å². The Kier molecular flexibility index (Phi) is 5.81. The van der Waals surface area contributed by atoms with Gasteiger partial charge in [0.25, 0.3) is 5.91 Å². The molecule has 0 unspecified atom stereocenters. The average molecular weight is 304 g/mol. The summed E-state index contributed by atoms with van der Waals surface area (Å²) < 4.78 is 5.40. The third-order valence-electron chi connectivity index (χ3n) is 4.14. The number of hydrogen-bond donors (Lipinski definition) is 2. The van der Waals surface area contributed by atoms with E-state index < -0.39 is 5.91 Å². The lowest BCUT2D eigenvalue weighted by Crippen LogP contribution is -2.34. The van der Waals surface area contributed by atoms with E-state index in [0.29, 0.717) is 17.2 Å². The minimum atomic E-state index is -0.481. The molecule has 0 heterocycles. The molecule has 3 N–H and O–H groups in total. The summed E-state index contributed by atoms with van der Waals surface area (Å²) in [6.45, 7) is 2.98. The number of ether oxygens (including phenoxy) is 1. The van der Waals surface area contributed by atoms with Gasteiger partial charge in [-0.05, 0) is 48.9 Å². The van der Waals surface area contributed by atoms with Gasteiger partial charge in [0, 0.05) is 12.1 Å². The summed E-state index contributed by atoms with van der Waals surface area (Å²) in [5.74, 6) is 1.30. The highest BCUT2D eigenvalue weighted by Crippen LogP contribution is 2.27. The van der Waals surface area contributed by atoms with E-state index in [9.17, 15) is 9.59 Å². The Morgan fingerprint density at radius 3 is 2.64 bits per heavy atom. The lowest BCUT2D eigenvalue weighted by Gasteiger charge is -2.26. The van der Waals surface area contributed by atoms with Crippen LogP contribution in [0.4, 0.5) is 0 Å². The van der Waals surface area contributed by atoms with Gasteiger partial charge in [-0.15, -0.1) is 0 Å². The number of nitrogens with one attached hydrogen (secondary N) is 1. The predicted molar refractivity (Wildman–Crippen MR) is 84.6 cm³/mol. The van der Waals surface area contributed by atoms with Gasteiger partial charge >= 0.3 is 0 Å². The Bertz CT molecular complexity index is 513. The third kappa shape index (κ3) is 5.06. The SMILES string of the molecule is C[C@H]1CCC[C@H](CNC(=O)COc2ccc(C(N)=O)cc2)C1. The van der Waals surface area contributed by atoms with Crippen LogP contribution in [0.15, 0.2) is 24.3 Å². The first kappa shape index (κ1) is 16.3. The van der Waals surface area contributed by atoms with Crippen molar-refractivity contribution in [3.63, 3.8) is 0 Å². The fourth-order valence-corrected chi connectivity index (χ4v) is 2.92. The Morgan fingerprint density at radius 2 is 2.00 bits per heavy atom. The fourth-order valence-electron chi connectivity index (χ4n) is 2.92.